The van der Waals surface area contributed by atoms with Gasteiger partial charge in [-0.15, -0.1) is 0 Å². The molecule has 0 saturated heterocycles. The molecule has 84 valence electrons. The number of sulfonamides is 1. The van der Waals surface area contributed by atoms with Crippen LogP contribution in [0.1, 0.15) is 5.56 Å². The molecular weight excluding hydrogens is 226 g/mol. The van der Waals surface area contributed by atoms with Gasteiger partial charge in [0.25, 0.3) is 10.0 Å². The Kier molecular flexibility index (Phi) is 2.66. The summed E-state index contributed by atoms with van der Waals surface area (Å²) in [6.45, 7) is 1.94. The molecule has 1 aromatic carbocycles. The summed E-state index contributed by atoms with van der Waals surface area (Å²) in [5.41, 5.74) is 1.61. The first-order valence-corrected chi connectivity index (χ1v) is 6.14. The standard InChI is InChI=1S/C10H11N3O2S/c1-8-2-4-9(5-3-8)13-16(14,15)10-6-11-12-7-10/h2-7,13H,1H3,(H,11,12). The van der Waals surface area contributed by atoms with Crippen LogP contribution in [-0.4, -0.2) is 18.6 Å². The van der Waals surface area contributed by atoms with E-state index in [1.807, 2.05) is 19.1 Å². The van der Waals surface area contributed by atoms with E-state index in [2.05, 4.69) is 14.9 Å². The molecule has 0 atom stereocenters. The lowest BCUT2D eigenvalue weighted by atomic mass is 10.2. The first kappa shape index (κ1) is 10.7. The van der Waals surface area contributed by atoms with Crippen LogP contribution in [0.2, 0.25) is 0 Å². The smallest absolute Gasteiger partial charge is 0.265 e. The van der Waals surface area contributed by atoms with Crippen molar-refractivity contribution in [3.05, 3.63) is 42.2 Å². The van der Waals surface area contributed by atoms with E-state index in [0.717, 1.165) is 5.56 Å². The Balaban J connectivity index is 2.25. The number of benzene rings is 1. The maximum Gasteiger partial charge on any atom is 0.265 e. The number of nitrogens with one attached hydrogen (secondary N) is 2. The minimum Gasteiger partial charge on any atom is -0.284 e. The Morgan fingerprint density at radius 2 is 1.94 bits per heavy atom. The molecule has 0 amide bonds. The molecule has 1 aromatic heterocycles. The van der Waals surface area contributed by atoms with E-state index < -0.39 is 10.0 Å². The van der Waals surface area contributed by atoms with Gasteiger partial charge in [-0.05, 0) is 19.1 Å². The average Bonchev–Trinajstić information content (AvgIpc) is 2.75. The van der Waals surface area contributed by atoms with Gasteiger partial charge in [0.2, 0.25) is 0 Å². The number of hydrogen-bond acceptors (Lipinski definition) is 3. The maximum absolute atomic E-state index is 11.8. The van der Waals surface area contributed by atoms with E-state index >= 15 is 0 Å². The normalized spacial score (nSPS) is 11.3. The van der Waals surface area contributed by atoms with Gasteiger partial charge < -0.3 is 0 Å². The van der Waals surface area contributed by atoms with Crippen LogP contribution in [-0.2, 0) is 10.0 Å². The minimum atomic E-state index is -3.53. The minimum absolute atomic E-state index is 0.119. The van der Waals surface area contributed by atoms with Crippen molar-refractivity contribution < 1.29 is 8.42 Å². The molecule has 0 radical (unpaired) electrons. The molecule has 0 bridgehead atoms. The quantitative estimate of drug-likeness (QED) is 0.849. The highest BCUT2D eigenvalue weighted by Gasteiger charge is 2.14. The van der Waals surface area contributed by atoms with Gasteiger partial charge in [-0.3, -0.25) is 9.82 Å². The van der Waals surface area contributed by atoms with Crippen molar-refractivity contribution in [2.45, 2.75) is 11.8 Å². The number of hydrogen-bond donors (Lipinski definition) is 2. The van der Waals surface area contributed by atoms with Crippen LogP contribution in [0, 0.1) is 6.92 Å². The van der Waals surface area contributed by atoms with Crippen molar-refractivity contribution in [2.75, 3.05) is 4.72 Å². The molecule has 1 heterocycles. The van der Waals surface area contributed by atoms with Crippen molar-refractivity contribution in [1.82, 2.24) is 10.2 Å². The predicted molar refractivity (Wildman–Crippen MR) is 60.6 cm³/mol. The van der Waals surface area contributed by atoms with Crippen LogP contribution < -0.4 is 4.72 Å². The summed E-state index contributed by atoms with van der Waals surface area (Å²) < 4.78 is 26.0. The molecule has 2 N–H and O–H groups in total. The van der Waals surface area contributed by atoms with Gasteiger partial charge in [-0.1, -0.05) is 17.7 Å². The van der Waals surface area contributed by atoms with Crippen LogP contribution in [0.25, 0.3) is 0 Å². The molecule has 0 aliphatic rings. The first-order valence-electron chi connectivity index (χ1n) is 4.66. The molecule has 5 nitrogen and oxygen atoms in total. The zero-order chi connectivity index (χ0) is 11.6. The number of rotatable bonds is 3. The summed E-state index contributed by atoms with van der Waals surface area (Å²) in [5.74, 6) is 0. The Morgan fingerprint density at radius 3 is 2.50 bits per heavy atom. The zero-order valence-electron chi connectivity index (χ0n) is 8.64. The van der Waals surface area contributed by atoms with E-state index in [1.54, 1.807) is 12.1 Å². The van der Waals surface area contributed by atoms with E-state index in [9.17, 15) is 8.42 Å². The number of H-pyrrole nitrogens is 1. The molecule has 0 fully saturated rings. The van der Waals surface area contributed by atoms with Crippen LogP contribution >= 0.6 is 0 Å². The summed E-state index contributed by atoms with van der Waals surface area (Å²) in [6, 6.07) is 7.11. The fourth-order valence-corrected chi connectivity index (χ4v) is 2.19. The SMILES string of the molecule is Cc1ccc(NS(=O)(=O)c2cn[nH]c2)cc1. The molecule has 0 aliphatic heterocycles. The third-order valence-corrected chi connectivity index (χ3v) is 3.44. The average molecular weight is 237 g/mol. The van der Waals surface area contributed by atoms with Gasteiger partial charge in [-0.25, -0.2) is 8.42 Å². The molecule has 0 aliphatic carbocycles. The summed E-state index contributed by atoms with van der Waals surface area (Å²) in [4.78, 5) is 0.119. The molecule has 0 saturated carbocycles. The molecule has 0 unspecified atom stereocenters. The third-order valence-electron chi connectivity index (χ3n) is 2.09. The molecule has 16 heavy (non-hydrogen) atoms. The topological polar surface area (TPSA) is 74.8 Å². The maximum atomic E-state index is 11.8. The first-order chi connectivity index (χ1) is 7.58. The lowest BCUT2D eigenvalue weighted by Gasteiger charge is -2.05. The number of anilines is 1. The number of nitrogens with zero attached hydrogens (tertiary/aromatic N) is 1. The van der Waals surface area contributed by atoms with Gasteiger partial charge in [-0.2, -0.15) is 5.10 Å². The highest BCUT2D eigenvalue weighted by Crippen LogP contribution is 2.14. The highest BCUT2D eigenvalue weighted by atomic mass is 32.2. The molecule has 2 aromatic rings. The second kappa shape index (κ2) is 3.97. The largest absolute Gasteiger partial charge is 0.284 e. The molecule has 2 rings (SSSR count). The van der Waals surface area contributed by atoms with Gasteiger partial charge >= 0.3 is 0 Å². The van der Waals surface area contributed by atoms with Crippen LogP contribution in [0.5, 0.6) is 0 Å². The van der Waals surface area contributed by atoms with E-state index in [1.165, 1.54) is 12.4 Å². The zero-order valence-corrected chi connectivity index (χ0v) is 9.45. The molecule has 0 spiro atoms. The molecular formula is C10H11N3O2S. The van der Waals surface area contributed by atoms with Gasteiger partial charge in [0.1, 0.15) is 4.90 Å². The predicted octanol–water partition coefficient (Wildman–Crippen LogP) is 1.52. The van der Waals surface area contributed by atoms with Gasteiger partial charge in [0.15, 0.2) is 0 Å². The van der Waals surface area contributed by atoms with Crippen molar-refractivity contribution in [3.8, 4) is 0 Å². The Labute approximate surface area is 93.6 Å². The Morgan fingerprint density at radius 1 is 1.25 bits per heavy atom. The van der Waals surface area contributed by atoms with Gasteiger partial charge in [0, 0.05) is 11.9 Å². The summed E-state index contributed by atoms with van der Waals surface area (Å²) in [7, 11) is -3.53. The van der Waals surface area contributed by atoms with Crippen LogP contribution in [0.4, 0.5) is 5.69 Å². The monoisotopic (exact) mass is 237 g/mol. The molecule has 6 heteroatoms. The Bertz CT molecular complexity index is 559. The van der Waals surface area contributed by atoms with Crippen LogP contribution in [0.15, 0.2) is 41.6 Å². The van der Waals surface area contributed by atoms with Crippen LogP contribution in [0.3, 0.4) is 0 Å². The number of aromatic amines is 1. The second-order valence-corrected chi connectivity index (χ2v) is 5.09. The summed E-state index contributed by atoms with van der Waals surface area (Å²) >= 11 is 0. The lowest BCUT2D eigenvalue weighted by molar-refractivity contribution is 0.601. The summed E-state index contributed by atoms with van der Waals surface area (Å²) in [5, 5.41) is 6.06. The van der Waals surface area contributed by atoms with E-state index in [4.69, 9.17) is 0 Å². The number of aryl methyl sites for hydroxylation is 1. The fourth-order valence-electron chi connectivity index (χ4n) is 1.22. The highest BCUT2D eigenvalue weighted by molar-refractivity contribution is 7.92. The van der Waals surface area contributed by atoms with Gasteiger partial charge in [0.05, 0.1) is 6.20 Å². The second-order valence-electron chi connectivity index (χ2n) is 3.41. The lowest BCUT2D eigenvalue weighted by Crippen LogP contribution is -2.11. The van der Waals surface area contributed by atoms with Crippen molar-refractivity contribution >= 4 is 15.7 Å². The third kappa shape index (κ3) is 2.22. The Hall–Kier alpha value is -1.82. The van der Waals surface area contributed by atoms with Crippen molar-refractivity contribution in [2.24, 2.45) is 0 Å². The van der Waals surface area contributed by atoms with E-state index in [-0.39, 0.29) is 4.90 Å². The van der Waals surface area contributed by atoms with Crippen molar-refractivity contribution in [1.29, 1.82) is 0 Å². The van der Waals surface area contributed by atoms with E-state index in [0.29, 0.717) is 5.69 Å². The number of aromatic nitrogens is 2. The van der Waals surface area contributed by atoms with Crippen molar-refractivity contribution in [3.63, 3.8) is 0 Å². The fraction of sp³-hybridized carbons (Fsp3) is 0.100. The summed E-state index contributed by atoms with van der Waals surface area (Å²) in [6.07, 6.45) is 2.59.